The Labute approximate surface area is 152 Å². The Hall–Kier alpha value is -1.66. The van der Waals surface area contributed by atoms with Gasteiger partial charge in [-0.3, -0.25) is 0 Å². The minimum atomic E-state index is 0.629. The van der Waals surface area contributed by atoms with Gasteiger partial charge in [0.25, 0.3) is 0 Å². The van der Waals surface area contributed by atoms with Gasteiger partial charge in [0.05, 0.1) is 19.5 Å². The quantitative estimate of drug-likeness (QED) is 0.440. The molecule has 1 N–H and O–H groups in total. The Morgan fingerprint density at radius 3 is 2.48 bits per heavy atom. The molecule has 0 unspecified atom stereocenters. The molecule has 0 aliphatic rings. The summed E-state index contributed by atoms with van der Waals surface area (Å²) in [5.74, 6) is 0. The van der Waals surface area contributed by atoms with E-state index >= 15 is 0 Å². The van der Waals surface area contributed by atoms with Gasteiger partial charge >= 0.3 is 0 Å². The number of imidazole rings is 2. The average Bonchev–Trinajstić information content (AvgIpc) is 3.33. The fraction of sp³-hybridized carbons (Fsp3) is 0.684. The van der Waals surface area contributed by atoms with Crippen LogP contribution in [0.2, 0.25) is 0 Å². The highest BCUT2D eigenvalue weighted by Crippen LogP contribution is 2.02. The monoisotopic (exact) mass is 351 g/mol. The zero-order chi connectivity index (χ0) is 18.0. The van der Waals surface area contributed by atoms with Gasteiger partial charge in [-0.15, -0.1) is 0 Å². The van der Waals surface area contributed by atoms with Gasteiger partial charge in [0.2, 0.25) is 6.33 Å². The molecule has 2 aromatic rings. The van der Waals surface area contributed by atoms with Crippen LogP contribution in [0.15, 0.2) is 37.4 Å². The maximum atomic E-state index is 5.67. The number of aromatic amines is 1. The molecule has 0 aromatic carbocycles. The molecule has 0 atom stereocenters. The van der Waals surface area contributed by atoms with E-state index in [2.05, 4.69) is 28.4 Å². The van der Waals surface area contributed by atoms with Crippen LogP contribution in [0.5, 0.6) is 0 Å². The molecule has 0 saturated heterocycles. The molecule has 142 valence electrons. The second-order valence-corrected chi connectivity index (χ2v) is 6.05. The first kappa shape index (κ1) is 21.4. The van der Waals surface area contributed by atoms with Crippen LogP contribution in [0.3, 0.4) is 0 Å². The molecule has 2 heterocycles. The summed E-state index contributed by atoms with van der Waals surface area (Å²) in [5.41, 5.74) is 0. The molecule has 0 amide bonds. The van der Waals surface area contributed by atoms with Crippen LogP contribution in [0.1, 0.15) is 58.8 Å². The lowest BCUT2D eigenvalue weighted by Crippen LogP contribution is -2.32. The summed E-state index contributed by atoms with van der Waals surface area (Å²) in [4.78, 5) is 6.42. The molecule has 0 aliphatic heterocycles. The fourth-order valence-electron chi connectivity index (χ4n) is 2.20. The Morgan fingerprint density at radius 2 is 1.80 bits per heavy atom. The van der Waals surface area contributed by atoms with Gasteiger partial charge < -0.3 is 14.5 Å². The van der Waals surface area contributed by atoms with Gasteiger partial charge in [-0.05, 0) is 12.8 Å². The van der Waals surface area contributed by atoms with Crippen molar-refractivity contribution in [2.75, 3.05) is 13.2 Å². The predicted octanol–water partition coefficient (Wildman–Crippen LogP) is 3.90. The Kier molecular flexibility index (Phi) is 13.6. The summed E-state index contributed by atoms with van der Waals surface area (Å²) < 4.78 is 15.3. The Balaban J connectivity index is 0.000000531. The maximum absolute atomic E-state index is 5.67. The van der Waals surface area contributed by atoms with Crippen molar-refractivity contribution in [3.8, 4) is 0 Å². The van der Waals surface area contributed by atoms with Gasteiger partial charge in [-0.25, -0.2) is 14.1 Å². The highest BCUT2D eigenvalue weighted by Gasteiger charge is 2.03. The number of unbranched alkanes of at least 4 members (excludes halogenated alkanes) is 5. The zero-order valence-corrected chi connectivity index (χ0v) is 15.9. The fourth-order valence-corrected chi connectivity index (χ4v) is 2.20. The molecule has 6 heteroatoms. The van der Waals surface area contributed by atoms with Crippen LogP contribution in [0, 0.1) is 0 Å². The molecule has 25 heavy (non-hydrogen) atoms. The van der Waals surface area contributed by atoms with E-state index < -0.39 is 0 Å². The van der Waals surface area contributed by atoms with E-state index in [0.29, 0.717) is 13.5 Å². The van der Waals surface area contributed by atoms with Gasteiger partial charge in [0.1, 0.15) is 12.4 Å². The third-order valence-electron chi connectivity index (χ3n) is 3.67. The first-order chi connectivity index (χ1) is 12.4. The number of hydrogen-bond acceptors (Lipinski definition) is 3. The highest BCUT2D eigenvalue weighted by atomic mass is 16.5. The van der Waals surface area contributed by atoms with Crippen molar-refractivity contribution in [3.63, 3.8) is 0 Å². The number of ether oxygens (including phenoxy) is 2. The lowest BCUT2D eigenvalue weighted by atomic mass is 10.2. The smallest absolute Gasteiger partial charge is 0.247 e. The second-order valence-electron chi connectivity index (χ2n) is 6.05. The van der Waals surface area contributed by atoms with Crippen molar-refractivity contribution in [3.05, 3.63) is 37.4 Å². The second kappa shape index (κ2) is 15.8. The first-order valence-electron chi connectivity index (χ1n) is 9.49. The number of hydrogen-bond donors (Lipinski definition) is 1. The average molecular weight is 352 g/mol. The molecule has 2 aromatic heterocycles. The van der Waals surface area contributed by atoms with Crippen LogP contribution in [0.25, 0.3) is 0 Å². The number of aromatic nitrogens is 4. The van der Waals surface area contributed by atoms with E-state index in [-0.39, 0.29) is 0 Å². The maximum Gasteiger partial charge on any atom is 0.247 e. The van der Waals surface area contributed by atoms with Crippen molar-refractivity contribution < 1.29 is 14.0 Å². The molecular formula is C19H35N4O2+. The summed E-state index contributed by atoms with van der Waals surface area (Å²) in [6.07, 6.45) is 19.9. The van der Waals surface area contributed by atoms with Crippen molar-refractivity contribution in [1.82, 2.24) is 14.5 Å². The molecule has 6 nitrogen and oxygen atoms in total. The lowest BCUT2D eigenvalue weighted by molar-refractivity contribution is -0.732. The van der Waals surface area contributed by atoms with Gasteiger partial charge in [0, 0.05) is 12.4 Å². The van der Waals surface area contributed by atoms with Crippen LogP contribution in [0.4, 0.5) is 0 Å². The molecule has 2 rings (SSSR count). The predicted molar refractivity (Wildman–Crippen MR) is 98.8 cm³/mol. The van der Waals surface area contributed by atoms with Crippen molar-refractivity contribution >= 4 is 0 Å². The van der Waals surface area contributed by atoms with Gasteiger partial charge in [0.15, 0.2) is 13.5 Å². The zero-order valence-electron chi connectivity index (χ0n) is 15.9. The van der Waals surface area contributed by atoms with Crippen LogP contribution in [-0.4, -0.2) is 27.7 Å². The topological polar surface area (TPSA) is 56.0 Å². The van der Waals surface area contributed by atoms with E-state index in [1.165, 1.54) is 38.5 Å². The molecule has 0 saturated carbocycles. The highest BCUT2D eigenvalue weighted by molar-refractivity contribution is 4.65. The summed E-state index contributed by atoms with van der Waals surface area (Å²) >= 11 is 0. The summed E-state index contributed by atoms with van der Waals surface area (Å²) in [5, 5.41) is 0. The van der Waals surface area contributed by atoms with E-state index in [9.17, 15) is 0 Å². The standard InChI is InChI=1S/C16H31N2O2.C3H4N2/c1-3-5-7-8-9-13-20-16-18-11-10-17(14-18)15-19-12-6-4-2;1-2-5-3-4-1/h10-11,14H,3-9,12-13,15-16H2,1-2H3;1-3H,(H,4,5)/q+1;. The summed E-state index contributed by atoms with van der Waals surface area (Å²) in [7, 11) is 0. The molecular weight excluding hydrogens is 316 g/mol. The number of H-pyrrole nitrogens is 1. The lowest BCUT2D eigenvalue weighted by Gasteiger charge is -2.01. The van der Waals surface area contributed by atoms with Gasteiger partial charge in [-0.1, -0.05) is 46.0 Å². The van der Waals surface area contributed by atoms with Crippen molar-refractivity contribution in [1.29, 1.82) is 0 Å². The van der Waals surface area contributed by atoms with E-state index in [4.69, 9.17) is 9.47 Å². The third-order valence-corrected chi connectivity index (χ3v) is 3.67. The molecule has 0 spiro atoms. The normalized spacial score (nSPS) is 10.5. The molecule has 0 bridgehead atoms. The van der Waals surface area contributed by atoms with E-state index in [1.54, 1.807) is 18.7 Å². The van der Waals surface area contributed by atoms with Crippen molar-refractivity contribution in [2.24, 2.45) is 0 Å². The van der Waals surface area contributed by atoms with E-state index in [1.807, 2.05) is 23.3 Å². The Bertz CT molecular complexity index is 468. The van der Waals surface area contributed by atoms with Crippen LogP contribution in [-0.2, 0) is 22.9 Å². The van der Waals surface area contributed by atoms with Crippen LogP contribution >= 0.6 is 0 Å². The van der Waals surface area contributed by atoms with Gasteiger partial charge in [-0.2, -0.15) is 0 Å². The molecule has 0 aliphatic carbocycles. The summed E-state index contributed by atoms with van der Waals surface area (Å²) in [6, 6.07) is 0. The SMILES string of the molecule is CCCCCCCOC[n+]1ccn(COCCCC)c1.c1c[nH]cn1. The third kappa shape index (κ3) is 12.4. The number of nitrogens with zero attached hydrogens (tertiary/aromatic N) is 3. The minimum Gasteiger partial charge on any atom is -0.351 e. The number of rotatable bonds is 13. The molecule has 0 fully saturated rings. The number of nitrogens with one attached hydrogen (secondary N) is 1. The largest absolute Gasteiger partial charge is 0.351 e. The summed E-state index contributed by atoms with van der Waals surface area (Å²) in [6.45, 7) is 7.37. The van der Waals surface area contributed by atoms with Crippen LogP contribution < -0.4 is 4.57 Å². The Morgan fingerprint density at radius 1 is 1.00 bits per heavy atom. The van der Waals surface area contributed by atoms with E-state index in [0.717, 1.165) is 19.6 Å². The van der Waals surface area contributed by atoms with Crippen molar-refractivity contribution in [2.45, 2.75) is 72.3 Å². The molecule has 0 radical (unpaired) electrons. The first-order valence-corrected chi connectivity index (χ1v) is 9.49. The minimum absolute atomic E-state index is 0.629.